The number of halogens is 1. The molecule has 28 heavy (non-hydrogen) atoms. The fraction of sp³-hybridized carbons (Fsp3) is 0.0952. The third-order valence-corrected chi connectivity index (χ3v) is 4.34. The van der Waals surface area contributed by atoms with Crippen molar-refractivity contribution in [3.05, 3.63) is 89.6 Å². The second kappa shape index (κ2) is 7.48. The van der Waals surface area contributed by atoms with Crippen molar-refractivity contribution in [1.29, 1.82) is 0 Å². The molecule has 4 aromatic rings. The van der Waals surface area contributed by atoms with E-state index < -0.39 is 5.97 Å². The van der Waals surface area contributed by atoms with Gasteiger partial charge in [-0.3, -0.25) is 0 Å². The number of carbonyl (C=O) groups is 1. The normalized spacial score (nSPS) is 10.8. The third-order valence-electron chi connectivity index (χ3n) is 4.34. The number of carbonyl (C=O) groups excluding carboxylic acids is 1. The Balaban J connectivity index is 1.43. The van der Waals surface area contributed by atoms with Gasteiger partial charge in [0.05, 0.1) is 11.3 Å². The lowest BCUT2D eigenvalue weighted by Crippen LogP contribution is -2.06. The molecular formula is C21H16FN3O3. The molecule has 0 aliphatic rings. The highest BCUT2D eigenvalue weighted by molar-refractivity contribution is 5.89. The highest BCUT2D eigenvalue weighted by atomic mass is 19.1. The summed E-state index contributed by atoms with van der Waals surface area (Å²) in [7, 11) is 0. The smallest absolute Gasteiger partial charge is 0.338 e. The number of aromatic nitrogens is 3. The first kappa shape index (κ1) is 17.7. The zero-order chi connectivity index (χ0) is 19.5. The lowest BCUT2D eigenvalue weighted by Gasteiger charge is -2.05. The van der Waals surface area contributed by atoms with Crippen molar-refractivity contribution < 1.29 is 18.4 Å². The molecule has 0 atom stereocenters. The van der Waals surface area contributed by atoms with Gasteiger partial charge in [0, 0.05) is 23.5 Å². The fourth-order valence-corrected chi connectivity index (χ4v) is 2.76. The molecule has 0 N–H and O–H groups in total. The number of benzene rings is 2. The molecule has 0 saturated carbocycles. The van der Waals surface area contributed by atoms with Crippen LogP contribution in [-0.2, 0) is 11.3 Å². The minimum atomic E-state index is -0.460. The molecule has 0 amide bonds. The van der Waals surface area contributed by atoms with E-state index >= 15 is 0 Å². The van der Waals surface area contributed by atoms with E-state index in [4.69, 9.17) is 9.26 Å². The average Bonchev–Trinajstić information content (AvgIpc) is 3.37. The summed E-state index contributed by atoms with van der Waals surface area (Å²) in [6.07, 6.45) is 3.50. The van der Waals surface area contributed by atoms with Crippen LogP contribution in [-0.4, -0.2) is 20.9 Å². The van der Waals surface area contributed by atoms with Crippen LogP contribution in [0.25, 0.3) is 17.0 Å². The molecule has 140 valence electrons. The summed E-state index contributed by atoms with van der Waals surface area (Å²) in [5.41, 5.74) is 3.24. The van der Waals surface area contributed by atoms with Crippen LogP contribution in [0.3, 0.4) is 0 Å². The van der Waals surface area contributed by atoms with Gasteiger partial charge in [0.2, 0.25) is 0 Å². The van der Waals surface area contributed by atoms with Gasteiger partial charge >= 0.3 is 5.97 Å². The second-order valence-corrected chi connectivity index (χ2v) is 6.16. The maximum absolute atomic E-state index is 13.1. The molecule has 0 spiro atoms. The Morgan fingerprint density at radius 2 is 1.89 bits per heavy atom. The summed E-state index contributed by atoms with van der Waals surface area (Å²) in [6, 6.07) is 14.7. The number of hydrogen-bond donors (Lipinski definition) is 0. The van der Waals surface area contributed by atoms with Gasteiger partial charge in [0.25, 0.3) is 0 Å². The highest BCUT2D eigenvalue weighted by Crippen LogP contribution is 2.26. The summed E-state index contributed by atoms with van der Waals surface area (Å²) in [5, 5.41) is 8.11. The highest BCUT2D eigenvalue weighted by Gasteiger charge is 2.16. The van der Waals surface area contributed by atoms with Crippen molar-refractivity contribution >= 4 is 5.97 Å². The van der Waals surface area contributed by atoms with E-state index in [9.17, 15) is 9.18 Å². The first-order valence-electron chi connectivity index (χ1n) is 8.60. The van der Waals surface area contributed by atoms with Crippen LogP contribution < -0.4 is 0 Å². The van der Waals surface area contributed by atoms with Crippen molar-refractivity contribution in [1.82, 2.24) is 14.9 Å². The number of ether oxygens (including phenoxy) is 1. The predicted molar refractivity (Wildman–Crippen MR) is 99.3 cm³/mol. The van der Waals surface area contributed by atoms with Crippen LogP contribution >= 0.6 is 0 Å². The first-order chi connectivity index (χ1) is 13.6. The van der Waals surface area contributed by atoms with Gasteiger partial charge in [-0.05, 0) is 61.5 Å². The minimum Gasteiger partial charge on any atom is -0.455 e. The maximum atomic E-state index is 13.1. The van der Waals surface area contributed by atoms with Crippen molar-refractivity contribution in [2.24, 2.45) is 0 Å². The maximum Gasteiger partial charge on any atom is 0.338 e. The first-order valence-corrected chi connectivity index (χ1v) is 8.60. The van der Waals surface area contributed by atoms with Gasteiger partial charge in [0.15, 0.2) is 5.76 Å². The van der Waals surface area contributed by atoms with Crippen molar-refractivity contribution in [3.63, 3.8) is 0 Å². The van der Waals surface area contributed by atoms with E-state index in [1.165, 1.54) is 12.1 Å². The van der Waals surface area contributed by atoms with Crippen molar-refractivity contribution in [2.45, 2.75) is 13.5 Å². The Labute approximate surface area is 160 Å². The summed E-state index contributed by atoms with van der Waals surface area (Å²) in [6.45, 7) is 1.80. The molecular weight excluding hydrogens is 361 g/mol. The average molecular weight is 377 g/mol. The summed E-state index contributed by atoms with van der Waals surface area (Å²) >= 11 is 0. The lowest BCUT2D eigenvalue weighted by molar-refractivity contribution is 0.0464. The Bertz CT molecular complexity index is 1090. The summed E-state index contributed by atoms with van der Waals surface area (Å²) < 4.78 is 25.5. The zero-order valence-electron chi connectivity index (χ0n) is 15.0. The van der Waals surface area contributed by atoms with E-state index in [0.717, 1.165) is 11.3 Å². The minimum absolute atomic E-state index is 0.0176. The quantitative estimate of drug-likeness (QED) is 0.484. The zero-order valence-corrected chi connectivity index (χ0v) is 15.0. The van der Waals surface area contributed by atoms with Crippen molar-refractivity contribution in [2.75, 3.05) is 0 Å². The molecule has 2 heterocycles. The molecule has 2 aromatic heterocycles. The van der Waals surface area contributed by atoms with Crippen LogP contribution in [0.5, 0.6) is 0 Å². The van der Waals surface area contributed by atoms with E-state index in [2.05, 4.69) is 10.3 Å². The SMILES string of the molecule is Cc1c(COC(=O)c2ccc(-n3cccn3)cc2)noc1-c1ccc(F)cc1. The summed E-state index contributed by atoms with van der Waals surface area (Å²) in [4.78, 5) is 12.3. The third kappa shape index (κ3) is 3.55. The lowest BCUT2D eigenvalue weighted by atomic mass is 10.1. The Morgan fingerprint density at radius 1 is 1.14 bits per heavy atom. The van der Waals surface area contributed by atoms with Gasteiger partial charge in [-0.15, -0.1) is 0 Å². The molecule has 7 heteroatoms. The van der Waals surface area contributed by atoms with Crippen LogP contribution in [0.1, 0.15) is 21.6 Å². The van der Waals surface area contributed by atoms with Gasteiger partial charge in [-0.2, -0.15) is 5.10 Å². The van der Waals surface area contributed by atoms with Gasteiger partial charge in [-0.25, -0.2) is 13.9 Å². The Morgan fingerprint density at radius 3 is 2.57 bits per heavy atom. The fourth-order valence-electron chi connectivity index (χ4n) is 2.76. The number of hydrogen-bond acceptors (Lipinski definition) is 5. The largest absolute Gasteiger partial charge is 0.455 e. The molecule has 0 saturated heterocycles. The van der Waals surface area contributed by atoms with Gasteiger partial charge in [0.1, 0.15) is 18.1 Å². The van der Waals surface area contributed by atoms with E-state index in [1.807, 2.05) is 19.2 Å². The molecule has 0 radical (unpaired) electrons. The van der Waals surface area contributed by atoms with Gasteiger partial charge < -0.3 is 9.26 Å². The molecule has 0 unspecified atom stereocenters. The number of esters is 1. The molecule has 0 bridgehead atoms. The van der Waals surface area contributed by atoms with E-state index in [-0.39, 0.29) is 12.4 Å². The molecule has 0 fully saturated rings. The predicted octanol–water partition coefficient (Wildman–Crippen LogP) is 4.33. The molecule has 0 aliphatic heterocycles. The summed E-state index contributed by atoms with van der Waals surface area (Å²) in [5.74, 6) is -0.263. The second-order valence-electron chi connectivity index (χ2n) is 6.16. The Kier molecular flexibility index (Phi) is 4.72. The number of nitrogens with zero attached hydrogens (tertiary/aromatic N) is 3. The standard InChI is InChI=1S/C21H16FN3O3/c1-14-19(24-28-20(14)15-3-7-17(22)8-4-15)13-27-21(26)16-5-9-18(10-6-16)25-12-2-11-23-25/h2-12H,13H2,1H3. The number of rotatable bonds is 5. The molecule has 0 aliphatic carbocycles. The molecule has 6 nitrogen and oxygen atoms in total. The van der Waals surface area contributed by atoms with E-state index in [0.29, 0.717) is 22.6 Å². The van der Waals surface area contributed by atoms with Crippen LogP contribution in [0.2, 0.25) is 0 Å². The van der Waals surface area contributed by atoms with Gasteiger partial charge in [-0.1, -0.05) is 5.16 Å². The topological polar surface area (TPSA) is 70.2 Å². The van der Waals surface area contributed by atoms with Crippen LogP contribution in [0.4, 0.5) is 4.39 Å². The Hall–Kier alpha value is -3.74. The monoisotopic (exact) mass is 377 g/mol. The molecule has 4 rings (SSSR count). The van der Waals surface area contributed by atoms with Crippen LogP contribution in [0.15, 0.2) is 71.5 Å². The van der Waals surface area contributed by atoms with Crippen molar-refractivity contribution in [3.8, 4) is 17.0 Å². The van der Waals surface area contributed by atoms with E-state index in [1.54, 1.807) is 47.3 Å². The van der Waals surface area contributed by atoms with Crippen LogP contribution in [0, 0.1) is 12.7 Å². The molecule has 2 aromatic carbocycles.